The summed E-state index contributed by atoms with van der Waals surface area (Å²) in [6, 6.07) is 8.04. The largest absolute Gasteiger partial charge is 0.379 e. The standard InChI is InChI=1S/C20H23N3O2S2/c1-14-5-6-16-18(15(14)2)21-20(27-16)23(19(24)17-4-3-13-26-17)8-7-22-9-11-25-12-10-22/h3-6,13H,7-12H2,1-2H3. The Morgan fingerprint density at radius 3 is 2.81 bits per heavy atom. The lowest BCUT2D eigenvalue weighted by atomic mass is 10.1. The van der Waals surface area contributed by atoms with Crippen molar-refractivity contribution in [1.29, 1.82) is 0 Å². The van der Waals surface area contributed by atoms with Gasteiger partial charge in [-0.25, -0.2) is 4.98 Å². The highest BCUT2D eigenvalue weighted by Crippen LogP contribution is 2.33. The van der Waals surface area contributed by atoms with Crippen LogP contribution in [0.1, 0.15) is 20.8 Å². The summed E-state index contributed by atoms with van der Waals surface area (Å²) < 4.78 is 6.56. The van der Waals surface area contributed by atoms with E-state index in [1.165, 1.54) is 22.5 Å². The van der Waals surface area contributed by atoms with Crippen LogP contribution in [0, 0.1) is 13.8 Å². The van der Waals surface area contributed by atoms with Crippen molar-refractivity contribution in [3.05, 3.63) is 45.6 Å². The zero-order valence-electron chi connectivity index (χ0n) is 15.6. The number of carbonyl (C=O) groups is 1. The average Bonchev–Trinajstić information content (AvgIpc) is 3.36. The number of fused-ring (bicyclic) bond motifs is 1. The van der Waals surface area contributed by atoms with Crippen molar-refractivity contribution >= 4 is 43.9 Å². The number of ether oxygens (including phenoxy) is 1. The van der Waals surface area contributed by atoms with Gasteiger partial charge in [0.15, 0.2) is 5.13 Å². The molecule has 2 aromatic heterocycles. The molecule has 1 aromatic carbocycles. The second-order valence-corrected chi connectivity index (χ2v) is 8.70. The smallest absolute Gasteiger partial charge is 0.270 e. The fourth-order valence-corrected chi connectivity index (χ4v) is 4.93. The molecule has 1 aliphatic rings. The van der Waals surface area contributed by atoms with Crippen LogP contribution in [-0.4, -0.2) is 55.2 Å². The molecule has 0 aliphatic carbocycles. The Labute approximate surface area is 167 Å². The van der Waals surface area contributed by atoms with Gasteiger partial charge in [0, 0.05) is 26.2 Å². The van der Waals surface area contributed by atoms with E-state index in [1.54, 1.807) is 11.3 Å². The molecule has 1 amide bonds. The highest BCUT2D eigenvalue weighted by Gasteiger charge is 2.23. The SMILES string of the molecule is Cc1ccc2sc(N(CCN3CCOCC3)C(=O)c3cccs3)nc2c1C. The third-order valence-electron chi connectivity index (χ3n) is 5.03. The second-order valence-electron chi connectivity index (χ2n) is 6.74. The number of hydrogen-bond donors (Lipinski definition) is 0. The highest BCUT2D eigenvalue weighted by molar-refractivity contribution is 7.22. The van der Waals surface area contributed by atoms with Gasteiger partial charge in [-0.2, -0.15) is 0 Å². The number of amides is 1. The van der Waals surface area contributed by atoms with E-state index >= 15 is 0 Å². The molecule has 0 radical (unpaired) electrons. The molecule has 7 heteroatoms. The van der Waals surface area contributed by atoms with E-state index in [9.17, 15) is 4.79 Å². The van der Waals surface area contributed by atoms with Crippen LogP contribution in [0.2, 0.25) is 0 Å². The van der Waals surface area contributed by atoms with Crippen LogP contribution in [0.5, 0.6) is 0 Å². The number of hydrogen-bond acceptors (Lipinski definition) is 6. The number of anilines is 1. The van der Waals surface area contributed by atoms with E-state index in [-0.39, 0.29) is 5.91 Å². The molecule has 142 valence electrons. The van der Waals surface area contributed by atoms with Crippen molar-refractivity contribution in [2.45, 2.75) is 13.8 Å². The van der Waals surface area contributed by atoms with E-state index in [0.29, 0.717) is 6.54 Å². The predicted octanol–water partition coefficient (Wildman–Crippen LogP) is 3.95. The normalized spacial score (nSPS) is 15.3. The Hall–Kier alpha value is -1.80. The van der Waals surface area contributed by atoms with Gasteiger partial charge in [-0.05, 0) is 42.5 Å². The molecule has 27 heavy (non-hydrogen) atoms. The number of morpholine rings is 1. The van der Waals surface area contributed by atoms with Gasteiger partial charge >= 0.3 is 0 Å². The number of aromatic nitrogens is 1. The number of aryl methyl sites for hydroxylation is 2. The zero-order chi connectivity index (χ0) is 18.8. The van der Waals surface area contributed by atoms with Crippen LogP contribution < -0.4 is 4.90 Å². The lowest BCUT2D eigenvalue weighted by Gasteiger charge is -2.29. The molecule has 1 fully saturated rings. The van der Waals surface area contributed by atoms with Gasteiger partial charge in [0.1, 0.15) is 0 Å². The number of rotatable bonds is 5. The molecular weight excluding hydrogens is 378 g/mol. The fourth-order valence-electron chi connectivity index (χ4n) is 3.21. The second kappa shape index (κ2) is 8.06. The maximum absolute atomic E-state index is 13.2. The number of nitrogens with zero attached hydrogens (tertiary/aromatic N) is 3. The predicted molar refractivity (Wildman–Crippen MR) is 112 cm³/mol. The van der Waals surface area contributed by atoms with Gasteiger partial charge in [0.2, 0.25) is 0 Å². The fraction of sp³-hybridized carbons (Fsp3) is 0.400. The van der Waals surface area contributed by atoms with E-state index in [4.69, 9.17) is 9.72 Å². The Morgan fingerprint density at radius 1 is 1.26 bits per heavy atom. The minimum Gasteiger partial charge on any atom is -0.379 e. The summed E-state index contributed by atoms with van der Waals surface area (Å²) >= 11 is 3.08. The zero-order valence-corrected chi connectivity index (χ0v) is 17.2. The van der Waals surface area contributed by atoms with Gasteiger partial charge < -0.3 is 4.74 Å². The topological polar surface area (TPSA) is 45.7 Å². The Balaban J connectivity index is 1.64. The Bertz CT molecular complexity index is 930. The Kier molecular flexibility index (Phi) is 5.54. The third kappa shape index (κ3) is 3.91. The van der Waals surface area contributed by atoms with Crippen LogP contribution in [0.15, 0.2) is 29.6 Å². The number of benzene rings is 1. The molecule has 0 spiro atoms. The first-order valence-electron chi connectivity index (χ1n) is 9.15. The first-order valence-corrected chi connectivity index (χ1v) is 10.9. The molecule has 3 heterocycles. The molecular formula is C20H23N3O2S2. The van der Waals surface area contributed by atoms with Crippen molar-refractivity contribution < 1.29 is 9.53 Å². The molecule has 0 saturated carbocycles. The minimum atomic E-state index is 0.0340. The Morgan fingerprint density at radius 2 is 2.07 bits per heavy atom. The number of carbonyl (C=O) groups excluding carboxylic acids is 1. The number of thiophene rings is 1. The van der Waals surface area contributed by atoms with Crippen molar-refractivity contribution in [3.63, 3.8) is 0 Å². The van der Waals surface area contributed by atoms with E-state index in [0.717, 1.165) is 53.1 Å². The summed E-state index contributed by atoms with van der Waals surface area (Å²) in [4.78, 5) is 23.0. The van der Waals surface area contributed by atoms with Crippen LogP contribution in [0.3, 0.4) is 0 Å². The van der Waals surface area contributed by atoms with Gasteiger partial charge in [-0.15, -0.1) is 11.3 Å². The summed E-state index contributed by atoms with van der Waals surface area (Å²) in [5.74, 6) is 0.0340. The van der Waals surface area contributed by atoms with Crippen LogP contribution >= 0.6 is 22.7 Å². The first-order chi connectivity index (χ1) is 13.1. The average molecular weight is 402 g/mol. The van der Waals surface area contributed by atoms with Crippen molar-refractivity contribution in [2.75, 3.05) is 44.3 Å². The lowest BCUT2D eigenvalue weighted by Crippen LogP contribution is -2.43. The van der Waals surface area contributed by atoms with Gasteiger partial charge in [0.25, 0.3) is 5.91 Å². The summed E-state index contributed by atoms with van der Waals surface area (Å²) in [5.41, 5.74) is 3.42. The quantitative estimate of drug-likeness (QED) is 0.649. The molecule has 3 aromatic rings. The van der Waals surface area contributed by atoms with Crippen molar-refractivity contribution in [3.8, 4) is 0 Å². The minimum absolute atomic E-state index is 0.0340. The van der Waals surface area contributed by atoms with Crippen LogP contribution in [0.4, 0.5) is 5.13 Å². The van der Waals surface area contributed by atoms with Gasteiger partial charge in [-0.3, -0.25) is 14.6 Å². The lowest BCUT2D eigenvalue weighted by molar-refractivity contribution is 0.0391. The van der Waals surface area contributed by atoms with E-state index < -0.39 is 0 Å². The third-order valence-corrected chi connectivity index (χ3v) is 6.93. The molecule has 5 nitrogen and oxygen atoms in total. The summed E-state index contributed by atoms with van der Waals surface area (Å²) in [6.45, 7) is 9.01. The molecule has 1 aliphatic heterocycles. The maximum Gasteiger partial charge on any atom is 0.270 e. The summed E-state index contributed by atoms with van der Waals surface area (Å²) in [7, 11) is 0. The van der Waals surface area contributed by atoms with E-state index in [1.807, 2.05) is 22.4 Å². The highest BCUT2D eigenvalue weighted by atomic mass is 32.1. The van der Waals surface area contributed by atoms with Crippen LogP contribution in [0.25, 0.3) is 10.2 Å². The summed E-state index contributed by atoms with van der Waals surface area (Å²) in [6.07, 6.45) is 0. The van der Waals surface area contributed by atoms with Crippen molar-refractivity contribution in [1.82, 2.24) is 9.88 Å². The van der Waals surface area contributed by atoms with Gasteiger partial charge in [0.05, 0.1) is 28.3 Å². The van der Waals surface area contributed by atoms with Crippen LogP contribution in [-0.2, 0) is 4.74 Å². The van der Waals surface area contributed by atoms with Gasteiger partial charge in [-0.1, -0.05) is 23.5 Å². The molecule has 0 atom stereocenters. The molecule has 0 unspecified atom stereocenters. The number of thiazole rings is 1. The first kappa shape index (κ1) is 18.6. The maximum atomic E-state index is 13.2. The monoisotopic (exact) mass is 401 g/mol. The molecule has 0 N–H and O–H groups in total. The molecule has 4 rings (SSSR count). The molecule has 0 bridgehead atoms. The molecule has 1 saturated heterocycles. The summed E-state index contributed by atoms with van der Waals surface area (Å²) in [5, 5.41) is 2.73. The van der Waals surface area contributed by atoms with E-state index in [2.05, 4.69) is 30.9 Å². The van der Waals surface area contributed by atoms with Crippen molar-refractivity contribution in [2.24, 2.45) is 0 Å².